The van der Waals surface area contributed by atoms with Gasteiger partial charge in [0.25, 0.3) is 0 Å². The van der Waals surface area contributed by atoms with E-state index in [1.54, 1.807) is 0 Å². The van der Waals surface area contributed by atoms with Crippen LogP contribution in [0.3, 0.4) is 0 Å². The van der Waals surface area contributed by atoms with Crippen molar-refractivity contribution in [1.29, 1.82) is 0 Å². The standard InChI is InChI=1S/C15H26Si/c1-11-6-7-14-13(10-16(3,4)5)9-12(2)15(14)8-11/h6-8,12-15H,9-10H2,1-5H3. The highest BCUT2D eigenvalue weighted by atomic mass is 28.3. The highest BCUT2D eigenvalue weighted by Crippen LogP contribution is 2.48. The van der Waals surface area contributed by atoms with Gasteiger partial charge in [0.05, 0.1) is 0 Å². The Balaban J connectivity index is 2.13. The average Bonchev–Trinajstić information content (AvgIpc) is 2.40. The smallest absolute Gasteiger partial charge is 0.0445 e. The summed E-state index contributed by atoms with van der Waals surface area (Å²) in [4.78, 5) is 0. The fraction of sp³-hybridized carbons (Fsp3) is 0.733. The Hall–Kier alpha value is -0.303. The molecule has 90 valence electrons. The van der Waals surface area contributed by atoms with Crippen molar-refractivity contribution in [3.63, 3.8) is 0 Å². The molecule has 0 aliphatic heterocycles. The van der Waals surface area contributed by atoms with E-state index in [2.05, 4.69) is 51.7 Å². The van der Waals surface area contributed by atoms with Crippen LogP contribution in [0, 0.1) is 23.7 Å². The first-order valence-corrected chi connectivity index (χ1v) is 10.4. The molecule has 0 aromatic carbocycles. The van der Waals surface area contributed by atoms with Crippen LogP contribution in [0.15, 0.2) is 23.8 Å². The Morgan fingerprint density at radius 3 is 2.56 bits per heavy atom. The van der Waals surface area contributed by atoms with E-state index < -0.39 is 8.07 Å². The lowest BCUT2D eigenvalue weighted by atomic mass is 9.83. The van der Waals surface area contributed by atoms with E-state index in [4.69, 9.17) is 0 Å². The quantitative estimate of drug-likeness (QED) is 0.606. The Morgan fingerprint density at radius 1 is 1.25 bits per heavy atom. The zero-order chi connectivity index (χ0) is 11.9. The molecule has 2 aliphatic carbocycles. The van der Waals surface area contributed by atoms with Crippen molar-refractivity contribution in [2.24, 2.45) is 23.7 Å². The first kappa shape index (κ1) is 12.2. The minimum atomic E-state index is -0.900. The van der Waals surface area contributed by atoms with Gasteiger partial charge in [0.15, 0.2) is 0 Å². The van der Waals surface area contributed by atoms with Crippen molar-refractivity contribution in [3.8, 4) is 0 Å². The SMILES string of the molecule is CC1=CC2C(C)CC(C[Si](C)(C)C)C2C=C1. The van der Waals surface area contributed by atoms with Gasteiger partial charge in [-0.3, -0.25) is 0 Å². The molecule has 2 aliphatic rings. The molecule has 4 atom stereocenters. The summed E-state index contributed by atoms with van der Waals surface area (Å²) < 4.78 is 0. The number of allylic oxidation sites excluding steroid dienone is 4. The second kappa shape index (κ2) is 4.18. The van der Waals surface area contributed by atoms with Crippen LogP contribution < -0.4 is 0 Å². The molecule has 4 unspecified atom stereocenters. The van der Waals surface area contributed by atoms with Crippen LogP contribution in [-0.4, -0.2) is 8.07 Å². The maximum absolute atomic E-state index is 2.53. The fourth-order valence-corrected chi connectivity index (χ4v) is 5.69. The Morgan fingerprint density at radius 2 is 1.94 bits per heavy atom. The molecule has 0 N–H and O–H groups in total. The lowest BCUT2D eigenvalue weighted by molar-refractivity contribution is 0.423. The second-order valence-corrected chi connectivity index (χ2v) is 12.7. The van der Waals surface area contributed by atoms with Gasteiger partial charge in [-0.15, -0.1) is 0 Å². The van der Waals surface area contributed by atoms with Gasteiger partial charge >= 0.3 is 0 Å². The van der Waals surface area contributed by atoms with E-state index in [0.29, 0.717) is 0 Å². The average molecular weight is 234 g/mol. The highest BCUT2D eigenvalue weighted by Gasteiger charge is 2.40. The summed E-state index contributed by atoms with van der Waals surface area (Å²) in [7, 11) is -0.900. The van der Waals surface area contributed by atoms with E-state index in [1.807, 2.05) is 0 Å². The van der Waals surface area contributed by atoms with Gasteiger partial charge < -0.3 is 0 Å². The monoisotopic (exact) mass is 234 g/mol. The van der Waals surface area contributed by atoms with Crippen LogP contribution in [0.2, 0.25) is 25.7 Å². The van der Waals surface area contributed by atoms with Gasteiger partial charge in [-0.2, -0.15) is 0 Å². The molecule has 0 spiro atoms. The van der Waals surface area contributed by atoms with E-state index in [0.717, 1.165) is 23.7 Å². The molecule has 0 aromatic rings. The van der Waals surface area contributed by atoms with Crippen molar-refractivity contribution in [2.45, 2.75) is 46.0 Å². The van der Waals surface area contributed by atoms with E-state index in [-0.39, 0.29) is 0 Å². The number of rotatable bonds is 2. The molecule has 0 bridgehead atoms. The maximum atomic E-state index is 2.53. The van der Waals surface area contributed by atoms with Crippen molar-refractivity contribution in [2.75, 3.05) is 0 Å². The third-order valence-electron chi connectivity index (χ3n) is 4.23. The zero-order valence-electron chi connectivity index (χ0n) is 11.5. The lowest BCUT2D eigenvalue weighted by Gasteiger charge is -2.28. The Labute approximate surface area is 102 Å². The van der Waals surface area contributed by atoms with Gasteiger partial charge in [-0.05, 0) is 37.0 Å². The molecule has 0 nitrogen and oxygen atoms in total. The summed E-state index contributed by atoms with van der Waals surface area (Å²) >= 11 is 0. The van der Waals surface area contributed by atoms with Crippen LogP contribution in [0.4, 0.5) is 0 Å². The normalized spacial score (nSPS) is 38.4. The summed E-state index contributed by atoms with van der Waals surface area (Å²) in [5.41, 5.74) is 1.47. The Bertz CT molecular complexity index is 319. The number of hydrogen-bond donors (Lipinski definition) is 0. The molecule has 0 saturated heterocycles. The highest BCUT2D eigenvalue weighted by molar-refractivity contribution is 6.76. The molecule has 0 heterocycles. The van der Waals surface area contributed by atoms with E-state index in [9.17, 15) is 0 Å². The third kappa shape index (κ3) is 2.50. The molecule has 0 radical (unpaired) electrons. The molecular weight excluding hydrogens is 208 g/mol. The molecule has 0 aromatic heterocycles. The van der Waals surface area contributed by atoms with Gasteiger partial charge in [-0.25, -0.2) is 0 Å². The molecule has 16 heavy (non-hydrogen) atoms. The van der Waals surface area contributed by atoms with Crippen LogP contribution in [0.25, 0.3) is 0 Å². The summed E-state index contributed by atoms with van der Waals surface area (Å²) in [5, 5.41) is 0. The minimum Gasteiger partial charge on any atom is -0.0803 e. The fourth-order valence-electron chi connectivity index (χ4n) is 3.67. The maximum Gasteiger partial charge on any atom is 0.0445 e. The summed E-state index contributed by atoms with van der Waals surface area (Å²) in [6.07, 6.45) is 8.83. The number of fused-ring (bicyclic) bond motifs is 1. The molecule has 0 amide bonds. The van der Waals surface area contributed by atoms with Crippen LogP contribution >= 0.6 is 0 Å². The second-order valence-electron chi connectivity index (χ2n) is 7.16. The van der Waals surface area contributed by atoms with Gasteiger partial charge in [0.1, 0.15) is 0 Å². The van der Waals surface area contributed by atoms with Gasteiger partial charge in [0.2, 0.25) is 0 Å². The molecule has 1 heteroatoms. The van der Waals surface area contributed by atoms with E-state index >= 15 is 0 Å². The van der Waals surface area contributed by atoms with Gasteiger partial charge in [0, 0.05) is 8.07 Å². The largest absolute Gasteiger partial charge is 0.0803 e. The number of hydrogen-bond acceptors (Lipinski definition) is 0. The van der Waals surface area contributed by atoms with Crippen molar-refractivity contribution >= 4 is 8.07 Å². The predicted molar refractivity (Wildman–Crippen MR) is 75.3 cm³/mol. The molecular formula is C15H26Si. The topological polar surface area (TPSA) is 0 Å². The van der Waals surface area contributed by atoms with Crippen molar-refractivity contribution in [3.05, 3.63) is 23.8 Å². The van der Waals surface area contributed by atoms with Crippen LogP contribution in [0.1, 0.15) is 20.3 Å². The van der Waals surface area contributed by atoms with E-state index in [1.165, 1.54) is 18.0 Å². The molecule has 2 rings (SSSR count). The summed E-state index contributed by atoms with van der Waals surface area (Å²) in [6.45, 7) is 12.2. The van der Waals surface area contributed by atoms with Crippen LogP contribution in [0.5, 0.6) is 0 Å². The van der Waals surface area contributed by atoms with Gasteiger partial charge in [-0.1, -0.05) is 56.4 Å². The lowest BCUT2D eigenvalue weighted by Crippen LogP contribution is -2.26. The first-order valence-electron chi connectivity index (χ1n) is 6.73. The minimum absolute atomic E-state index is 0.839. The predicted octanol–water partition coefficient (Wildman–Crippen LogP) is 4.73. The summed E-state index contributed by atoms with van der Waals surface area (Å²) in [6, 6.07) is 1.51. The van der Waals surface area contributed by atoms with Crippen molar-refractivity contribution in [1.82, 2.24) is 0 Å². The zero-order valence-corrected chi connectivity index (χ0v) is 12.5. The third-order valence-corrected chi connectivity index (χ3v) is 5.98. The summed E-state index contributed by atoms with van der Waals surface area (Å²) in [5.74, 6) is 3.55. The Kier molecular flexibility index (Phi) is 3.17. The molecule has 1 saturated carbocycles. The van der Waals surface area contributed by atoms with Crippen LogP contribution in [-0.2, 0) is 0 Å². The first-order chi connectivity index (χ1) is 7.37. The molecule has 1 fully saturated rings. The van der Waals surface area contributed by atoms with Crippen molar-refractivity contribution < 1.29 is 0 Å².